The molecule has 1 saturated carbocycles. The molecule has 0 unspecified atom stereocenters. The molecular weight excluding hydrogens is 254 g/mol. The zero-order chi connectivity index (χ0) is 12.7. The zero-order valence-corrected chi connectivity index (χ0v) is 10.1. The fourth-order valence-corrected chi connectivity index (χ4v) is 1.89. The fraction of sp³-hybridized carbons (Fsp3) is 0.231. The van der Waals surface area contributed by atoms with E-state index in [0.717, 1.165) is 12.8 Å². The third-order valence-corrected chi connectivity index (χ3v) is 3.09. The van der Waals surface area contributed by atoms with Crippen molar-refractivity contribution in [1.29, 1.82) is 0 Å². The number of rotatable bonds is 2. The molecule has 3 rings (SSSR count). The number of fused-ring (bicyclic) bond motifs is 1. The van der Waals surface area contributed by atoms with Gasteiger partial charge in [-0.2, -0.15) is 0 Å². The van der Waals surface area contributed by atoms with Crippen molar-refractivity contribution in [2.24, 2.45) is 5.92 Å². The maximum atomic E-state index is 11.7. The van der Waals surface area contributed by atoms with Crippen molar-refractivity contribution >= 4 is 28.8 Å². The van der Waals surface area contributed by atoms with Crippen LogP contribution in [0.2, 0.25) is 5.02 Å². The Hall–Kier alpha value is -1.81. The van der Waals surface area contributed by atoms with Gasteiger partial charge in [-0.05, 0) is 31.0 Å². The average molecular weight is 264 g/mol. The number of hydrogen-bond acceptors (Lipinski definition) is 4. The zero-order valence-electron chi connectivity index (χ0n) is 9.39. The molecule has 1 heterocycles. The van der Waals surface area contributed by atoms with E-state index in [-0.39, 0.29) is 17.4 Å². The van der Waals surface area contributed by atoms with Crippen LogP contribution in [-0.2, 0) is 0 Å². The molecule has 1 aromatic carbocycles. The predicted molar refractivity (Wildman–Crippen MR) is 68.6 cm³/mol. The summed E-state index contributed by atoms with van der Waals surface area (Å²) in [7, 11) is 0. The number of halogens is 1. The van der Waals surface area contributed by atoms with Gasteiger partial charge in [0, 0.05) is 17.0 Å². The molecule has 5 heteroatoms. The highest BCUT2D eigenvalue weighted by atomic mass is 35.5. The second-order valence-corrected chi connectivity index (χ2v) is 4.78. The highest BCUT2D eigenvalue weighted by molar-refractivity contribution is 6.31. The van der Waals surface area contributed by atoms with Crippen LogP contribution in [0.25, 0.3) is 17.2 Å². The Labute approximate surface area is 108 Å². The van der Waals surface area contributed by atoms with Gasteiger partial charge in [0.2, 0.25) is 0 Å². The molecule has 4 nitrogen and oxygen atoms in total. The summed E-state index contributed by atoms with van der Waals surface area (Å²) in [6.07, 6.45) is 3.28. The van der Waals surface area contributed by atoms with Crippen LogP contribution in [-0.4, -0.2) is 10.1 Å². The van der Waals surface area contributed by atoms with Crippen molar-refractivity contribution in [2.75, 3.05) is 0 Å². The first kappa shape index (κ1) is 11.3. The van der Waals surface area contributed by atoms with E-state index in [0.29, 0.717) is 16.1 Å². The Bertz CT molecular complexity index is 701. The van der Waals surface area contributed by atoms with Gasteiger partial charge in [0.15, 0.2) is 11.3 Å². The molecule has 1 aromatic heterocycles. The topological polar surface area (TPSA) is 63.3 Å². The molecule has 1 aliphatic rings. The number of benzene rings is 1. The second-order valence-electron chi connectivity index (χ2n) is 4.34. The normalized spacial score (nSPS) is 16.2. The van der Waals surface area contributed by atoms with Crippen LogP contribution in [0.1, 0.15) is 18.5 Å². The number of aliphatic hydroxyl groups excluding tert-OH is 1. The second kappa shape index (κ2) is 4.14. The van der Waals surface area contributed by atoms with Crippen molar-refractivity contribution in [3.8, 4) is 0 Å². The van der Waals surface area contributed by atoms with Crippen LogP contribution in [0.4, 0.5) is 0 Å². The van der Waals surface area contributed by atoms with Gasteiger partial charge < -0.3 is 9.52 Å². The van der Waals surface area contributed by atoms with E-state index >= 15 is 0 Å². The number of allylic oxidation sites excluding steroid dienone is 1. The molecule has 0 bridgehead atoms. The Morgan fingerprint density at radius 1 is 1.50 bits per heavy atom. The summed E-state index contributed by atoms with van der Waals surface area (Å²) in [6.45, 7) is 0. The first-order valence-corrected chi connectivity index (χ1v) is 6.02. The minimum atomic E-state index is -0.558. The average Bonchev–Trinajstić information content (AvgIpc) is 3.14. The minimum Gasteiger partial charge on any atom is -0.512 e. The van der Waals surface area contributed by atoms with Gasteiger partial charge in [-0.3, -0.25) is 0 Å². The molecule has 0 saturated heterocycles. The van der Waals surface area contributed by atoms with Gasteiger partial charge in [-0.1, -0.05) is 11.6 Å². The van der Waals surface area contributed by atoms with Gasteiger partial charge in [-0.15, -0.1) is 0 Å². The molecule has 18 heavy (non-hydrogen) atoms. The van der Waals surface area contributed by atoms with E-state index < -0.39 is 5.63 Å². The Balaban J connectivity index is 2.14. The lowest BCUT2D eigenvalue weighted by Crippen LogP contribution is -2.06. The van der Waals surface area contributed by atoms with Crippen LogP contribution >= 0.6 is 11.6 Å². The summed E-state index contributed by atoms with van der Waals surface area (Å²) in [5.41, 5.74) is 0.426. The highest BCUT2D eigenvalue weighted by Crippen LogP contribution is 2.35. The number of nitrogens with zero attached hydrogens (tertiary/aromatic N) is 1. The molecule has 0 amide bonds. The number of hydrogen-bond donors (Lipinski definition) is 1. The van der Waals surface area contributed by atoms with E-state index in [1.54, 1.807) is 18.2 Å². The quantitative estimate of drug-likeness (QED) is 0.846. The number of aromatic nitrogens is 1. The fourth-order valence-electron chi connectivity index (χ4n) is 1.72. The lowest BCUT2D eigenvalue weighted by atomic mass is 10.2. The molecule has 1 N–H and O–H groups in total. The van der Waals surface area contributed by atoms with Crippen molar-refractivity contribution in [1.82, 2.24) is 4.98 Å². The van der Waals surface area contributed by atoms with Crippen LogP contribution < -0.4 is 5.63 Å². The van der Waals surface area contributed by atoms with Crippen molar-refractivity contribution in [2.45, 2.75) is 12.8 Å². The van der Waals surface area contributed by atoms with Crippen LogP contribution in [0.5, 0.6) is 0 Å². The molecule has 1 aliphatic carbocycles. The lowest BCUT2D eigenvalue weighted by Gasteiger charge is -1.99. The molecule has 2 aromatic rings. The Morgan fingerprint density at radius 2 is 2.28 bits per heavy atom. The predicted octanol–water partition coefficient (Wildman–Crippen LogP) is 3.15. The monoisotopic (exact) mass is 263 g/mol. The Morgan fingerprint density at radius 3 is 3.00 bits per heavy atom. The van der Waals surface area contributed by atoms with Gasteiger partial charge in [0.05, 0.1) is 5.76 Å². The summed E-state index contributed by atoms with van der Waals surface area (Å²) in [5, 5.41) is 10.2. The maximum absolute atomic E-state index is 11.7. The lowest BCUT2D eigenvalue weighted by molar-refractivity contribution is 0.384. The SMILES string of the molecule is O=c1oc2ccc(Cl)cc2nc1/C=C(\O)C1CC1. The van der Waals surface area contributed by atoms with E-state index in [4.69, 9.17) is 16.0 Å². The summed E-state index contributed by atoms with van der Waals surface area (Å²) >= 11 is 5.85. The van der Waals surface area contributed by atoms with Gasteiger partial charge in [0.25, 0.3) is 0 Å². The third-order valence-electron chi connectivity index (χ3n) is 2.85. The standard InChI is InChI=1S/C13H10ClNO3/c14-8-3-4-12-9(5-8)15-10(13(17)18-12)6-11(16)7-1-2-7/h3-7,16H,1-2H2/b11-6-. The van der Waals surface area contributed by atoms with E-state index in [1.807, 2.05) is 0 Å². The van der Waals surface area contributed by atoms with Crippen LogP contribution in [0.3, 0.4) is 0 Å². The highest BCUT2D eigenvalue weighted by Gasteiger charge is 2.26. The van der Waals surface area contributed by atoms with Gasteiger partial charge in [0.1, 0.15) is 5.52 Å². The largest absolute Gasteiger partial charge is 0.512 e. The van der Waals surface area contributed by atoms with E-state index in [9.17, 15) is 9.90 Å². The summed E-state index contributed by atoms with van der Waals surface area (Å²) in [5.74, 6) is 0.359. The molecule has 0 spiro atoms. The molecule has 0 atom stereocenters. The van der Waals surface area contributed by atoms with Gasteiger partial charge in [-0.25, -0.2) is 9.78 Å². The molecular formula is C13H10ClNO3. The summed E-state index contributed by atoms with van der Waals surface area (Å²) in [6, 6.07) is 4.84. The van der Waals surface area contributed by atoms with E-state index in [1.165, 1.54) is 6.08 Å². The third kappa shape index (κ3) is 2.11. The summed E-state index contributed by atoms with van der Waals surface area (Å²) in [4.78, 5) is 15.8. The summed E-state index contributed by atoms with van der Waals surface area (Å²) < 4.78 is 5.12. The van der Waals surface area contributed by atoms with Gasteiger partial charge >= 0.3 is 5.63 Å². The van der Waals surface area contributed by atoms with Crippen LogP contribution in [0, 0.1) is 5.92 Å². The molecule has 0 radical (unpaired) electrons. The maximum Gasteiger partial charge on any atom is 0.362 e. The van der Waals surface area contributed by atoms with Crippen molar-refractivity contribution < 1.29 is 9.52 Å². The first-order chi connectivity index (χ1) is 8.63. The smallest absolute Gasteiger partial charge is 0.362 e. The molecule has 1 fully saturated rings. The van der Waals surface area contributed by atoms with Crippen molar-refractivity contribution in [3.63, 3.8) is 0 Å². The first-order valence-electron chi connectivity index (χ1n) is 5.64. The molecule has 0 aliphatic heterocycles. The number of aliphatic hydroxyl groups is 1. The minimum absolute atomic E-state index is 0.106. The van der Waals surface area contributed by atoms with E-state index in [2.05, 4.69) is 4.98 Å². The Kier molecular flexibility index (Phi) is 2.59. The van der Waals surface area contributed by atoms with Crippen molar-refractivity contribution in [3.05, 3.63) is 45.1 Å². The molecule has 92 valence electrons. The van der Waals surface area contributed by atoms with Crippen LogP contribution in [0.15, 0.2) is 33.2 Å².